The molecular weight excluding hydrogens is 384 g/mol. The van der Waals surface area contributed by atoms with Gasteiger partial charge in [0.25, 0.3) is 5.91 Å². The molecule has 3 heterocycles. The first-order valence-electron chi connectivity index (χ1n) is 7.15. The minimum atomic E-state index is -0.207. The lowest BCUT2D eigenvalue weighted by atomic mass is 10.2. The fourth-order valence-corrected chi connectivity index (χ4v) is 3.87. The lowest BCUT2D eigenvalue weighted by Gasteiger charge is -2.27. The van der Waals surface area contributed by atoms with Gasteiger partial charge in [0, 0.05) is 17.6 Å². The summed E-state index contributed by atoms with van der Waals surface area (Å²) in [6.07, 6.45) is 1.83. The second-order valence-corrected chi connectivity index (χ2v) is 7.00. The molecule has 4 rings (SSSR count). The Morgan fingerprint density at radius 1 is 1.22 bits per heavy atom. The van der Waals surface area contributed by atoms with E-state index in [0.717, 1.165) is 28.3 Å². The maximum atomic E-state index is 12.2. The van der Waals surface area contributed by atoms with Crippen LogP contribution in [0.2, 0.25) is 0 Å². The average Bonchev–Trinajstić information content (AvgIpc) is 3.15. The number of nitrogens with zero attached hydrogens (tertiary/aromatic N) is 2. The third-order valence-electron chi connectivity index (χ3n) is 3.67. The Morgan fingerprint density at radius 3 is 2.74 bits per heavy atom. The number of rotatable bonds is 1. The predicted octanol–water partition coefficient (Wildman–Crippen LogP) is 2.48. The summed E-state index contributed by atoms with van der Waals surface area (Å²) in [5, 5.41) is 0.751. The van der Waals surface area contributed by atoms with Gasteiger partial charge in [-0.3, -0.25) is 4.79 Å². The van der Waals surface area contributed by atoms with E-state index in [1.807, 2.05) is 18.2 Å². The van der Waals surface area contributed by atoms with E-state index >= 15 is 0 Å². The third-order valence-corrected chi connectivity index (χ3v) is 5.40. The number of thioether (sulfide) groups is 1. The van der Waals surface area contributed by atoms with Gasteiger partial charge in [0.1, 0.15) is 0 Å². The number of halogens is 1. The number of morpholine rings is 1. The van der Waals surface area contributed by atoms with E-state index in [2.05, 4.69) is 25.8 Å². The monoisotopic (exact) mass is 396 g/mol. The van der Waals surface area contributed by atoms with Crippen molar-refractivity contribution in [2.75, 3.05) is 33.1 Å². The van der Waals surface area contributed by atoms with E-state index in [-0.39, 0.29) is 12.7 Å². The average molecular weight is 397 g/mol. The van der Waals surface area contributed by atoms with E-state index < -0.39 is 0 Å². The first-order chi connectivity index (χ1) is 11.2. The molecule has 0 bridgehead atoms. The third kappa shape index (κ3) is 2.98. The molecule has 3 aliphatic rings. The van der Waals surface area contributed by atoms with Gasteiger partial charge in [0.05, 0.1) is 18.1 Å². The van der Waals surface area contributed by atoms with Crippen LogP contribution in [0.4, 0.5) is 0 Å². The van der Waals surface area contributed by atoms with Crippen LogP contribution in [0.25, 0.3) is 6.08 Å². The lowest BCUT2D eigenvalue weighted by Crippen LogP contribution is -2.38. The molecule has 1 aromatic rings. The molecule has 1 fully saturated rings. The van der Waals surface area contributed by atoms with Gasteiger partial charge in [-0.05, 0) is 35.5 Å². The van der Waals surface area contributed by atoms with Crippen molar-refractivity contribution in [3.8, 4) is 11.5 Å². The molecule has 0 spiro atoms. The summed E-state index contributed by atoms with van der Waals surface area (Å²) in [6, 6.07) is 3.71. The zero-order valence-corrected chi connectivity index (χ0v) is 14.5. The number of hydrogen-bond acceptors (Lipinski definition) is 6. The number of amidine groups is 1. The number of carbonyl (C=O) groups excluding carboxylic acids is 1. The Balaban J connectivity index is 1.57. The Bertz CT molecular complexity index is 728. The van der Waals surface area contributed by atoms with Crippen LogP contribution in [-0.4, -0.2) is 49.1 Å². The molecule has 0 atom stereocenters. The van der Waals surface area contributed by atoms with Crippen molar-refractivity contribution in [3.63, 3.8) is 0 Å². The maximum absolute atomic E-state index is 12.2. The molecule has 0 N–H and O–H groups in total. The van der Waals surface area contributed by atoms with Crippen molar-refractivity contribution in [2.24, 2.45) is 4.99 Å². The van der Waals surface area contributed by atoms with Crippen LogP contribution >= 0.6 is 27.7 Å². The number of aliphatic imine (C=N–C) groups is 1. The van der Waals surface area contributed by atoms with Gasteiger partial charge in [-0.25, -0.2) is 0 Å². The molecular formula is C15H13BrN2O4S. The SMILES string of the molecule is O=C1N=C(N2CCOCC2)S/C1=C/c1cc2c(cc1Br)OCO2. The molecule has 1 saturated heterocycles. The molecule has 0 aromatic heterocycles. The van der Waals surface area contributed by atoms with Crippen molar-refractivity contribution in [1.82, 2.24) is 4.90 Å². The molecule has 120 valence electrons. The summed E-state index contributed by atoms with van der Waals surface area (Å²) in [7, 11) is 0. The van der Waals surface area contributed by atoms with E-state index in [1.54, 1.807) is 0 Å². The van der Waals surface area contributed by atoms with Gasteiger partial charge in [-0.1, -0.05) is 15.9 Å². The number of amides is 1. The highest BCUT2D eigenvalue weighted by molar-refractivity contribution is 9.10. The zero-order chi connectivity index (χ0) is 15.8. The summed E-state index contributed by atoms with van der Waals surface area (Å²) < 4.78 is 16.9. The second-order valence-electron chi connectivity index (χ2n) is 5.14. The van der Waals surface area contributed by atoms with Crippen LogP contribution in [0.3, 0.4) is 0 Å². The van der Waals surface area contributed by atoms with E-state index in [0.29, 0.717) is 29.6 Å². The van der Waals surface area contributed by atoms with E-state index in [9.17, 15) is 4.79 Å². The van der Waals surface area contributed by atoms with Crippen molar-refractivity contribution < 1.29 is 19.0 Å². The van der Waals surface area contributed by atoms with Crippen LogP contribution in [0.5, 0.6) is 11.5 Å². The molecule has 6 nitrogen and oxygen atoms in total. The molecule has 23 heavy (non-hydrogen) atoms. The minimum Gasteiger partial charge on any atom is -0.454 e. The fraction of sp³-hybridized carbons (Fsp3) is 0.333. The predicted molar refractivity (Wildman–Crippen MR) is 90.7 cm³/mol. The van der Waals surface area contributed by atoms with Gasteiger partial charge in [0.15, 0.2) is 16.7 Å². The Morgan fingerprint density at radius 2 is 1.96 bits per heavy atom. The number of hydrogen-bond donors (Lipinski definition) is 0. The lowest BCUT2D eigenvalue weighted by molar-refractivity contribution is -0.113. The molecule has 0 aliphatic carbocycles. The Labute approximate surface area is 145 Å². The van der Waals surface area contributed by atoms with Crippen LogP contribution in [-0.2, 0) is 9.53 Å². The van der Waals surface area contributed by atoms with Crippen molar-refractivity contribution in [2.45, 2.75) is 0 Å². The highest BCUT2D eigenvalue weighted by Crippen LogP contribution is 2.39. The molecule has 3 aliphatic heterocycles. The van der Waals surface area contributed by atoms with E-state index in [4.69, 9.17) is 14.2 Å². The normalized spacial score (nSPS) is 22.0. The van der Waals surface area contributed by atoms with Gasteiger partial charge in [0.2, 0.25) is 6.79 Å². The largest absolute Gasteiger partial charge is 0.454 e. The number of fused-ring (bicyclic) bond motifs is 1. The first-order valence-corrected chi connectivity index (χ1v) is 8.76. The topological polar surface area (TPSA) is 60.4 Å². The molecule has 1 amide bonds. The van der Waals surface area contributed by atoms with Crippen molar-refractivity contribution >= 4 is 44.8 Å². The summed E-state index contributed by atoms with van der Waals surface area (Å²) in [5.41, 5.74) is 0.864. The molecule has 0 radical (unpaired) electrons. The van der Waals surface area contributed by atoms with E-state index in [1.165, 1.54) is 11.8 Å². The van der Waals surface area contributed by atoms with Gasteiger partial charge >= 0.3 is 0 Å². The zero-order valence-electron chi connectivity index (χ0n) is 12.1. The standard InChI is InChI=1S/C15H13BrN2O4S/c16-10-7-12-11(21-8-22-12)5-9(10)6-13-14(19)17-15(23-13)18-1-3-20-4-2-18/h5-7H,1-4,8H2/b13-6+. The Kier molecular flexibility index (Phi) is 4.04. The quantitative estimate of drug-likeness (QED) is 0.679. The molecule has 1 aromatic carbocycles. The smallest absolute Gasteiger partial charge is 0.286 e. The summed E-state index contributed by atoms with van der Waals surface area (Å²) in [5.74, 6) is 1.18. The van der Waals surface area contributed by atoms with Gasteiger partial charge in [-0.2, -0.15) is 4.99 Å². The van der Waals surface area contributed by atoms with Crippen molar-refractivity contribution in [3.05, 3.63) is 27.1 Å². The number of benzene rings is 1. The second kappa shape index (κ2) is 6.18. The van der Waals surface area contributed by atoms with Gasteiger partial charge in [-0.15, -0.1) is 0 Å². The Hall–Kier alpha value is -1.51. The van der Waals surface area contributed by atoms with Crippen LogP contribution in [0, 0.1) is 0 Å². The van der Waals surface area contributed by atoms with Crippen molar-refractivity contribution in [1.29, 1.82) is 0 Å². The fourth-order valence-electron chi connectivity index (χ4n) is 2.47. The summed E-state index contributed by atoms with van der Waals surface area (Å²) >= 11 is 4.90. The molecule has 8 heteroatoms. The summed E-state index contributed by atoms with van der Waals surface area (Å²) in [6.45, 7) is 3.08. The minimum absolute atomic E-state index is 0.207. The molecule has 0 unspecified atom stereocenters. The first kappa shape index (κ1) is 15.0. The number of ether oxygens (including phenoxy) is 3. The maximum Gasteiger partial charge on any atom is 0.286 e. The molecule has 0 saturated carbocycles. The van der Waals surface area contributed by atoms with Crippen LogP contribution in [0.15, 0.2) is 26.5 Å². The van der Waals surface area contributed by atoms with Crippen LogP contribution in [0.1, 0.15) is 5.56 Å². The highest BCUT2D eigenvalue weighted by atomic mass is 79.9. The van der Waals surface area contributed by atoms with Crippen LogP contribution < -0.4 is 9.47 Å². The highest BCUT2D eigenvalue weighted by Gasteiger charge is 2.27. The van der Waals surface area contributed by atoms with Gasteiger partial charge < -0.3 is 19.1 Å². The number of carbonyl (C=O) groups is 1. The summed E-state index contributed by atoms with van der Waals surface area (Å²) in [4.78, 5) is 19.0.